The molecule has 1 aliphatic carbocycles. The number of hydrogen-bond acceptors (Lipinski definition) is 5. The molecule has 7 nitrogen and oxygen atoms in total. The number of aromatic nitrogens is 3. The average Bonchev–Trinajstić information content (AvgIpc) is 3.22. The summed E-state index contributed by atoms with van der Waals surface area (Å²) in [6, 6.07) is 16.2. The van der Waals surface area contributed by atoms with Gasteiger partial charge in [-0.15, -0.1) is 5.10 Å². The fraction of sp³-hybridized carbons (Fsp3) is 0.217. The summed E-state index contributed by atoms with van der Waals surface area (Å²) in [6.07, 6.45) is 6.05. The van der Waals surface area contributed by atoms with Crippen LogP contribution in [-0.2, 0) is 22.9 Å². The van der Waals surface area contributed by atoms with Gasteiger partial charge in [-0.1, -0.05) is 18.2 Å². The van der Waals surface area contributed by atoms with Gasteiger partial charge in [0.15, 0.2) is 5.65 Å². The third-order valence-electron chi connectivity index (χ3n) is 5.57. The number of hydrogen-bond donors (Lipinski definition) is 1. The summed E-state index contributed by atoms with van der Waals surface area (Å²) in [7, 11) is -2.08. The van der Waals surface area contributed by atoms with Gasteiger partial charge in [-0.3, -0.25) is 4.72 Å². The molecule has 8 heteroatoms. The molecular weight excluding hydrogens is 412 g/mol. The van der Waals surface area contributed by atoms with Crippen LogP contribution < -0.4 is 9.46 Å². The third kappa shape index (κ3) is 3.86. The monoisotopic (exact) mass is 434 g/mol. The minimum Gasteiger partial charge on any atom is -0.480 e. The lowest BCUT2D eigenvalue weighted by molar-refractivity contribution is 0.390. The molecule has 4 aromatic rings. The highest BCUT2D eigenvalue weighted by Crippen LogP contribution is 2.26. The minimum atomic E-state index is -3.65. The van der Waals surface area contributed by atoms with Crippen molar-refractivity contribution in [2.24, 2.45) is 0 Å². The molecule has 0 radical (unpaired) electrons. The molecule has 0 unspecified atom stereocenters. The Hall–Kier alpha value is -3.39. The number of rotatable bonds is 5. The number of ether oxygens (including phenoxy) is 1. The van der Waals surface area contributed by atoms with Crippen LogP contribution in [0.1, 0.15) is 24.0 Å². The third-order valence-corrected chi connectivity index (χ3v) is 6.95. The molecule has 5 rings (SSSR count). The highest BCUT2D eigenvalue weighted by Gasteiger charge is 2.18. The summed E-state index contributed by atoms with van der Waals surface area (Å²) in [5.74, 6) is 0.503. The molecule has 0 saturated heterocycles. The van der Waals surface area contributed by atoms with Crippen molar-refractivity contribution in [2.75, 3.05) is 11.8 Å². The van der Waals surface area contributed by atoms with E-state index in [1.54, 1.807) is 35.9 Å². The summed E-state index contributed by atoms with van der Waals surface area (Å²) >= 11 is 0. The van der Waals surface area contributed by atoms with Crippen molar-refractivity contribution in [1.29, 1.82) is 0 Å². The Bertz CT molecular complexity index is 1360. The first kappa shape index (κ1) is 19.6. The van der Waals surface area contributed by atoms with Gasteiger partial charge in [0.05, 0.1) is 23.9 Å². The number of benzene rings is 2. The molecular formula is C23H22N4O3S. The van der Waals surface area contributed by atoms with E-state index in [1.807, 2.05) is 36.5 Å². The van der Waals surface area contributed by atoms with Crippen molar-refractivity contribution in [2.45, 2.75) is 30.6 Å². The maximum absolute atomic E-state index is 12.9. The molecule has 0 atom stereocenters. The zero-order chi connectivity index (χ0) is 21.4. The van der Waals surface area contributed by atoms with Crippen LogP contribution in [0.4, 0.5) is 5.69 Å². The van der Waals surface area contributed by atoms with E-state index in [9.17, 15) is 8.42 Å². The molecule has 2 heterocycles. The Balaban J connectivity index is 1.37. The Morgan fingerprint density at radius 3 is 2.52 bits per heavy atom. The van der Waals surface area contributed by atoms with Crippen LogP contribution in [0, 0.1) is 0 Å². The van der Waals surface area contributed by atoms with Crippen LogP contribution in [0.25, 0.3) is 16.9 Å². The molecule has 0 saturated carbocycles. The molecule has 1 aliphatic rings. The molecule has 2 aromatic heterocycles. The summed E-state index contributed by atoms with van der Waals surface area (Å²) in [5, 5.41) is 4.31. The number of imidazole rings is 1. The molecule has 0 amide bonds. The summed E-state index contributed by atoms with van der Waals surface area (Å²) < 4.78 is 35.2. The van der Waals surface area contributed by atoms with E-state index >= 15 is 0 Å². The van der Waals surface area contributed by atoms with Crippen molar-refractivity contribution in [3.8, 4) is 17.1 Å². The molecule has 2 aromatic carbocycles. The standard InChI is InChI=1S/C23H22N4O3S/c1-30-23-13-12-22-24-21(15-27(22)25-23)17-6-9-19(10-7-17)26-31(28,29)20-11-8-16-4-2-3-5-18(16)14-20/h6-15,26H,2-5H2,1H3. The van der Waals surface area contributed by atoms with Crippen molar-refractivity contribution < 1.29 is 13.2 Å². The van der Waals surface area contributed by atoms with E-state index in [4.69, 9.17) is 4.74 Å². The second-order valence-corrected chi connectivity index (χ2v) is 9.31. The molecule has 0 fully saturated rings. The smallest absolute Gasteiger partial charge is 0.261 e. The highest BCUT2D eigenvalue weighted by atomic mass is 32.2. The molecule has 0 aliphatic heterocycles. The largest absolute Gasteiger partial charge is 0.480 e. The minimum absolute atomic E-state index is 0.303. The van der Waals surface area contributed by atoms with Crippen LogP contribution >= 0.6 is 0 Å². The zero-order valence-corrected chi connectivity index (χ0v) is 17.9. The van der Waals surface area contributed by atoms with Crippen LogP contribution in [-0.4, -0.2) is 30.1 Å². The molecule has 158 valence electrons. The predicted octanol–water partition coefficient (Wildman–Crippen LogP) is 4.08. The zero-order valence-electron chi connectivity index (χ0n) is 17.1. The number of nitrogens with one attached hydrogen (secondary N) is 1. The van der Waals surface area contributed by atoms with Gasteiger partial charge in [-0.2, -0.15) is 0 Å². The van der Waals surface area contributed by atoms with Gasteiger partial charge >= 0.3 is 0 Å². The maximum atomic E-state index is 12.9. The van der Waals surface area contributed by atoms with Gasteiger partial charge in [0.1, 0.15) is 0 Å². The number of sulfonamides is 1. The number of aryl methyl sites for hydroxylation is 2. The van der Waals surface area contributed by atoms with Crippen molar-refractivity contribution in [1.82, 2.24) is 14.6 Å². The van der Waals surface area contributed by atoms with Crippen LogP contribution in [0.15, 0.2) is 65.7 Å². The Labute approximate surface area is 180 Å². The SMILES string of the molecule is COc1ccc2nc(-c3ccc(NS(=O)(=O)c4ccc5c(c4)CCCC5)cc3)cn2n1. The Kier molecular flexibility index (Phi) is 4.86. The molecule has 31 heavy (non-hydrogen) atoms. The van der Waals surface area contributed by atoms with E-state index in [0.29, 0.717) is 22.1 Å². The van der Waals surface area contributed by atoms with Crippen LogP contribution in [0.2, 0.25) is 0 Å². The van der Waals surface area contributed by atoms with Gasteiger partial charge in [-0.25, -0.2) is 17.9 Å². The average molecular weight is 435 g/mol. The first-order chi connectivity index (χ1) is 15.0. The van der Waals surface area contributed by atoms with Gasteiger partial charge in [0.25, 0.3) is 10.0 Å². The maximum Gasteiger partial charge on any atom is 0.261 e. The van der Waals surface area contributed by atoms with E-state index in [0.717, 1.165) is 36.1 Å². The number of anilines is 1. The number of fused-ring (bicyclic) bond motifs is 2. The van der Waals surface area contributed by atoms with E-state index in [2.05, 4.69) is 14.8 Å². The molecule has 0 bridgehead atoms. The lowest BCUT2D eigenvalue weighted by Gasteiger charge is -2.17. The Morgan fingerprint density at radius 2 is 1.74 bits per heavy atom. The van der Waals surface area contributed by atoms with Gasteiger partial charge in [0.2, 0.25) is 5.88 Å². The second kappa shape index (κ2) is 7.70. The first-order valence-corrected chi connectivity index (χ1v) is 11.7. The normalized spacial score (nSPS) is 13.7. The van der Waals surface area contributed by atoms with E-state index in [-0.39, 0.29) is 0 Å². The van der Waals surface area contributed by atoms with Crippen LogP contribution in [0.5, 0.6) is 5.88 Å². The van der Waals surface area contributed by atoms with Gasteiger partial charge in [-0.05, 0) is 67.1 Å². The topological polar surface area (TPSA) is 85.6 Å². The highest BCUT2D eigenvalue weighted by molar-refractivity contribution is 7.92. The lowest BCUT2D eigenvalue weighted by Crippen LogP contribution is -2.14. The Morgan fingerprint density at radius 1 is 0.968 bits per heavy atom. The second-order valence-electron chi connectivity index (χ2n) is 7.63. The predicted molar refractivity (Wildman–Crippen MR) is 119 cm³/mol. The first-order valence-electron chi connectivity index (χ1n) is 10.2. The van der Waals surface area contributed by atoms with Gasteiger partial charge < -0.3 is 4.74 Å². The number of methoxy groups -OCH3 is 1. The summed E-state index contributed by atoms with van der Waals surface area (Å²) in [5.41, 5.74) is 5.21. The van der Waals surface area contributed by atoms with Crippen molar-refractivity contribution >= 4 is 21.4 Å². The fourth-order valence-corrected chi connectivity index (χ4v) is 5.02. The van der Waals surface area contributed by atoms with E-state index in [1.165, 1.54) is 12.0 Å². The fourth-order valence-electron chi connectivity index (χ4n) is 3.91. The molecule has 1 N–H and O–H groups in total. The van der Waals surface area contributed by atoms with Gasteiger partial charge in [0, 0.05) is 17.3 Å². The quantitative estimate of drug-likeness (QED) is 0.511. The van der Waals surface area contributed by atoms with Crippen molar-refractivity contribution in [3.63, 3.8) is 0 Å². The molecule has 0 spiro atoms. The van der Waals surface area contributed by atoms with Crippen LogP contribution in [0.3, 0.4) is 0 Å². The summed E-state index contributed by atoms with van der Waals surface area (Å²) in [4.78, 5) is 4.86. The number of nitrogens with zero attached hydrogens (tertiary/aromatic N) is 3. The lowest BCUT2D eigenvalue weighted by atomic mass is 9.92. The van der Waals surface area contributed by atoms with E-state index < -0.39 is 10.0 Å². The van der Waals surface area contributed by atoms with Crippen molar-refractivity contribution in [3.05, 3.63) is 71.9 Å². The summed E-state index contributed by atoms with van der Waals surface area (Å²) in [6.45, 7) is 0.